The van der Waals surface area contributed by atoms with E-state index in [9.17, 15) is 4.79 Å². The Labute approximate surface area is 118 Å². The molecule has 7 heteroatoms. The van der Waals surface area contributed by atoms with Crippen LogP contribution in [-0.2, 0) is 17.9 Å². The van der Waals surface area contributed by atoms with Crippen molar-refractivity contribution in [3.63, 3.8) is 0 Å². The van der Waals surface area contributed by atoms with Crippen LogP contribution in [-0.4, -0.2) is 30.5 Å². The summed E-state index contributed by atoms with van der Waals surface area (Å²) in [5.74, 6) is -0.0269. The first-order chi connectivity index (χ1) is 9.61. The van der Waals surface area contributed by atoms with Crippen molar-refractivity contribution in [2.75, 3.05) is 5.32 Å². The average molecular weight is 276 g/mol. The summed E-state index contributed by atoms with van der Waals surface area (Å²) in [5, 5.41) is 14.8. The fraction of sp³-hybridized carbons (Fsp3) is 0.538. The van der Waals surface area contributed by atoms with Gasteiger partial charge in [0.05, 0.1) is 17.1 Å². The third-order valence-electron chi connectivity index (χ3n) is 3.14. The highest BCUT2D eigenvalue weighted by Gasteiger charge is 2.13. The van der Waals surface area contributed by atoms with Gasteiger partial charge in [-0.25, -0.2) is 0 Å². The van der Waals surface area contributed by atoms with Crippen LogP contribution in [0.25, 0.3) is 0 Å². The molecule has 1 amide bonds. The smallest absolute Gasteiger partial charge is 0.226 e. The van der Waals surface area contributed by atoms with Crippen molar-refractivity contribution >= 4 is 11.6 Å². The number of hydrogen-bond acceptors (Lipinski definition) is 4. The molecular formula is C13H20N6O. The van der Waals surface area contributed by atoms with Crippen LogP contribution >= 0.6 is 0 Å². The lowest BCUT2D eigenvalue weighted by molar-refractivity contribution is -0.116. The molecule has 2 heterocycles. The number of aryl methyl sites for hydroxylation is 3. The first-order valence-electron chi connectivity index (χ1n) is 6.78. The maximum absolute atomic E-state index is 12.0. The first-order valence-corrected chi connectivity index (χ1v) is 6.78. The van der Waals surface area contributed by atoms with Crippen molar-refractivity contribution in [1.29, 1.82) is 0 Å². The summed E-state index contributed by atoms with van der Waals surface area (Å²) in [6.07, 6.45) is 4.60. The monoisotopic (exact) mass is 276 g/mol. The van der Waals surface area contributed by atoms with E-state index in [2.05, 4.69) is 27.5 Å². The summed E-state index contributed by atoms with van der Waals surface area (Å²) < 4.78 is 3.71. The Morgan fingerprint density at radius 3 is 2.60 bits per heavy atom. The fourth-order valence-corrected chi connectivity index (χ4v) is 2.08. The predicted molar refractivity (Wildman–Crippen MR) is 75.3 cm³/mol. The molecule has 1 N–H and O–H groups in total. The predicted octanol–water partition coefficient (Wildman–Crippen LogP) is 1.53. The molecule has 0 aromatic carbocycles. The van der Waals surface area contributed by atoms with Crippen LogP contribution in [0.2, 0.25) is 0 Å². The van der Waals surface area contributed by atoms with Gasteiger partial charge in [-0.1, -0.05) is 6.92 Å². The van der Waals surface area contributed by atoms with Gasteiger partial charge < -0.3 is 9.88 Å². The summed E-state index contributed by atoms with van der Waals surface area (Å²) in [4.78, 5) is 12.0. The van der Waals surface area contributed by atoms with Crippen molar-refractivity contribution in [2.45, 2.75) is 46.7 Å². The van der Waals surface area contributed by atoms with E-state index in [-0.39, 0.29) is 5.91 Å². The van der Waals surface area contributed by atoms with Crippen LogP contribution in [0.3, 0.4) is 0 Å². The third kappa shape index (κ3) is 3.23. The van der Waals surface area contributed by atoms with Gasteiger partial charge in [-0.05, 0) is 20.3 Å². The number of carbonyl (C=O) groups excluding carboxylic acids is 1. The van der Waals surface area contributed by atoms with Crippen LogP contribution in [0.1, 0.15) is 31.2 Å². The standard InChI is InChI=1S/C13H20N6O/c1-4-6-19-11(3)13(10(2)17-19)16-12(20)5-7-18-8-14-15-9-18/h8-9H,4-7H2,1-3H3,(H,16,20). The molecule has 0 atom stereocenters. The van der Waals surface area contributed by atoms with Crippen LogP contribution in [0.5, 0.6) is 0 Å². The normalized spacial score (nSPS) is 10.8. The first kappa shape index (κ1) is 14.2. The highest BCUT2D eigenvalue weighted by Crippen LogP contribution is 2.19. The summed E-state index contributed by atoms with van der Waals surface area (Å²) in [5.41, 5.74) is 2.68. The minimum atomic E-state index is -0.0269. The van der Waals surface area contributed by atoms with Gasteiger partial charge in [0.25, 0.3) is 0 Å². The Morgan fingerprint density at radius 2 is 1.95 bits per heavy atom. The Balaban J connectivity index is 1.97. The van der Waals surface area contributed by atoms with Gasteiger partial charge in [-0.2, -0.15) is 5.10 Å². The van der Waals surface area contributed by atoms with Crippen molar-refractivity contribution in [2.24, 2.45) is 0 Å². The molecule has 20 heavy (non-hydrogen) atoms. The van der Waals surface area contributed by atoms with E-state index in [1.807, 2.05) is 18.5 Å². The second kappa shape index (κ2) is 6.31. The van der Waals surface area contributed by atoms with E-state index in [0.29, 0.717) is 13.0 Å². The molecule has 0 unspecified atom stereocenters. The van der Waals surface area contributed by atoms with Crippen LogP contribution in [0.4, 0.5) is 5.69 Å². The van der Waals surface area contributed by atoms with Crippen LogP contribution < -0.4 is 5.32 Å². The van der Waals surface area contributed by atoms with Gasteiger partial charge in [0, 0.05) is 19.5 Å². The molecule has 0 aliphatic carbocycles. The zero-order valence-corrected chi connectivity index (χ0v) is 12.1. The van der Waals surface area contributed by atoms with E-state index in [0.717, 1.165) is 30.0 Å². The van der Waals surface area contributed by atoms with Gasteiger partial charge in [-0.3, -0.25) is 9.48 Å². The number of hydrogen-bond donors (Lipinski definition) is 1. The molecule has 2 rings (SSSR count). The maximum atomic E-state index is 12.0. The number of nitrogens with zero attached hydrogens (tertiary/aromatic N) is 5. The van der Waals surface area contributed by atoms with Gasteiger partial charge in [0.15, 0.2) is 0 Å². The number of carbonyl (C=O) groups is 1. The van der Waals surface area contributed by atoms with Crippen molar-refractivity contribution in [1.82, 2.24) is 24.5 Å². The molecule has 2 aromatic rings. The van der Waals surface area contributed by atoms with E-state index in [1.165, 1.54) is 0 Å². The molecule has 0 spiro atoms. The van der Waals surface area contributed by atoms with Gasteiger partial charge >= 0.3 is 0 Å². The largest absolute Gasteiger partial charge is 0.323 e. The summed E-state index contributed by atoms with van der Waals surface area (Å²) in [7, 11) is 0. The molecule has 0 fully saturated rings. The molecule has 0 saturated heterocycles. The molecule has 0 aliphatic heterocycles. The van der Waals surface area contributed by atoms with E-state index >= 15 is 0 Å². The second-order valence-corrected chi connectivity index (χ2v) is 4.77. The maximum Gasteiger partial charge on any atom is 0.226 e. The number of nitrogens with one attached hydrogen (secondary N) is 1. The van der Waals surface area contributed by atoms with E-state index in [4.69, 9.17) is 0 Å². The third-order valence-corrected chi connectivity index (χ3v) is 3.14. The second-order valence-electron chi connectivity index (χ2n) is 4.77. The van der Waals surface area contributed by atoms with Crippen molar-refractivity contribution in [3.05, 3.63) is 24.0 Å². The SMILES string of the molecule is CCCn1nc(C)c(NC(=O)CCn2cnnc2)c1C. The lowest BCUT2D eigenvalue weighted by Gasteiger charge is -2.06. The van der Waals surface area contributed by atoms with E-state index in [1.54, 1.807) is 17.2 Å². The quantitative estimate of drug-likeness (QED) is 0.868. The van der Waals surface area contributed by atoms with Crippen LogP contribution in [0, 0.1) is 13.8 Å². The van der Waals surface area contributed by atoms with Crippen molar-refractivity contribution < 1.29 is 4.79 Å². The summed E-state index contributed by atoms with van der Waals surface area (Å²) in [6, 6.07) is 0. The molecular weight excluding hydrogens is 256 g/mol. The molecule has 2 aromatic heterocycles. The molecule has 7 nitrogen and oxygen atoms in total. The number of anilines is 1. The zero-order chi connectivity index (χ0) is 14.5. The highest BCUT2D eigenvalue weighted by molar-refractivity contribution is 5.91. The molecule has 0 bridgehead atoms. The zero-order valence-electron chi connectivity index (χ0n) is 12.1. The fourth-order valence-electron chi connectivity index (χ4n) is 2.08. The number of rotatable bonds is 6. The molecule has 0 aliphatic rings. The minimum absolute atomic E-state index is 0.0269. The molecule has 0 radical (unpaired) electrons. The van der Waals surface area contributed by atoms with Gasteiger partial charge in [-0.15, -0.1) is 10.2 Å². The Morgan fingerprint density at radius 1 is 1.25 bits per heavy atom. The minimum Gasteiger partial charge on any atom is -0.323 e. The summed E-state index contributed by atoms with van der Waals surface area (Å²) >= 11 is 0. The highest BCUT2D eigenvalue weighted by atomic mass is 16.1. The Hall–Kier alpha value is -2.18. The lowest BCUT2D eigenvalue weighted by atomic mass is 10.3. The summed E-state index contributed by atoms with van der Waals surface area (Å²) in [6.45, 7) is 7.43. The van der Waals surface area contributed by atoms with Crippen LogP contribution in [0.15, 0.2) is 12.7 Å². The van der Waals surface area contributed by atoms with Crippen molar-refractivity contribution in [3.8, 4) is 0 Å². The van der Waals surface area contributed by atoms with Gasteiger partial charge in [0.2, 0.25) is 5.91 Å². The Kier molecular flexibility index (Phi) is 4.49. The average Bonchev–Trinajstić information content (AvgIpc) is 3.01. The molecule has 108 valence electrons. The lowest BCUT2D eigenvalue weighted by Crippen LogP contribution is -2.15. The van der Waals surface area contributed by atoms with E-state index < -0.39 is 0 Å². The molecule has 0 saturated carbocycles. The number of amides is 1. The topological polar surface area (TPSA) is 77.6 Å². The number of aromatic nitrogens is 5. The van der Waals surface area contributed by atoms with Gasteiger partial charge in [0.1, 0.15) is 12.7 Å². The Bertz CT molecular complexity index is 572.